The van der Waals surface area contributed by atoms with Crippen LogP contribution in [0.3, 0.4) is 0 Å². The van der Waals surface area contributed by atoms with Crippen molar-refractivity contribution in [3.05, 3.63) is 53.3 Å². The Hall–Kier alpha value is -2.58. The zero-order chi connectivity index (χ0) is 25.4. The molecule has 2 aromatic rings. The van der Waals surface area contributed by atoms with E-state index in [0.29, 0.717) is 11.8 Å². The van der Waals surface area contributed by atoms with Crippen LogP contribution in [0.15, 0.2) is 30.3 Å². The number of hydrogen-bond donors (Lipinski definition) is 3. The topological polar surface area (TPSA) is 88.0 Å². The first-order valence-corrected chi connectivity index (χ1v) is 10.5. The maximum absolute atomic E-state index is 14.3. The third-order valence-electron chi connectivity index (χ3n) is 5.34. The second kappa shape index (κ2) is 9.58. The lowest BCUT2D eigenvalue weighted by atomic mass is 9.85. The highest BCUT2D eigenvalue weighted by molar-refractivity contribution is 8.02. The van der Waals surface area contributed by atoms with Crippen molar-refractivity contribution in [3.8, 4) is 11.5 Å². The van der Waals surface area contributed by atoms with Gasteiger partial charge in [-0.25, -0.2) is 8.78 Å². The van der Waals surface area contributed by atoms with Gasteiger partial charge in [-0.15, -0.1) is 11.8 Å². The van der Waals surface area contributed by atoms with Crippen LogP contribution >= 0.6 is 11.8 Å². The molecule has 0 aliphatic carbocycles. The summed E-state index contributed by atoms with van der Waals surface area (Å²) in [5, 5.41) is 18.6. The van der Waals surface area contributed by atoms with Gasteiger partial charge in [0.2, 0.25) is 11.7 Å². The number of carbonyl (C=O) groups is 1. The highest BCUT2D eigenvalue weighted by Crippen LogP contribution is 2.59. The molecule has 184 valence electrons. The van der Waals surface area contributed by atoms with Crippen molar-refractivity contribution in [1.82, 2.24) is 0 Å². The Bertz CT molecular complexity index is 1090. The van der Waals surface area contributed by atoms with Crippen molar-refractivity contribution in [2.24, 2.45) is 0 Å². The first-order valence-electron chi connectivity index (χ1n) is 9.67. The van der Waals surface area contributed by atoms with Gasteiger partial charge < -0.3 is 24.8 Å². The summed E-state index contributed by atoms with van der Waals surface area (Å²) in [6.45, 7) is 0.900. The molecule has 0 aromatic heterocycles. The Morgan fingerprint density at radius 3 is 2.41 bits per heavy atom. The van der Waals surface area contributed by atoms with Crippen LogP contribution in [0.1, 0.15) is 24.8 Å². The molecule has 1 amide bonds. The summed E-state index contributed by atoms with van der Waals surface area (Å²) in [6, 6.07) is 4.63. The first-order chi connectivity index (χ1) is 15.8. The summed E-state index contributed by atoms with van der Waals surface area (Å²) >= 11 is 0.303. The monoisotopic (exact) mass is 509 g/mol. The molecule has 0 bridgehead atoms. The van der Waals surface area contributed by atoms with E-state index in [2.05, 4.69) is 9.97 Å². The summed E-state index contributed by atoms with van der Waals surface area (Å²) in [7, 11) is -1.33. The number of amides is 1. The fraction of sp³-hybridized carbons (Fsp3) is 0.350. The van der Waals surface area contributed by atoms with E-state index < -0.39 is 70.7 Å². The number of benzene rings is 2. The molecule has 1 fully saturated rings. The van der Waals surface area contributed by atoms with Crippen molar-refractivity contribution in [1.29, 1.82) is 0 Å². The largest absolute Gasteiger partial charge is 0.707 e. The minimum atomic E-state index is -4.73. The van der Waals surface area contributed by atoms with Crippen LogP contribution in [0.25, 0.3) is 0 Å². The molecule has 0 spiro atoms. The number of halogens is 6. The summed E-state index contributed by atoms with van der Waals surface area (Å²) in [5.74, 6) is -7.05. The molecular formula is C20H18BF6NO5S. The van der Waals surface area contributed by atoms with Crippen molar-refractivity contribution in [2.45, 2.75) is 35.4 Å². The van der Waals surface area contributed by atoms with Gasteiger partial charge in [0.1, 0.15) is 10.5 Å². The normalized spacial score (nSPS) is 22.4. The highest BCUT2D eigenvalue weighted by atomic mass is 32.2. The average molecular weight is 509 g/mol. The number of nitrogens with one attached hydrogen (secondary N) is 1. The van der Waals surface area contributed by atoms with Crippen molar-refractivity contribution < 1.29 is 50.6 Å². The fourth-order valence-corrected chi connectivity index (χ4v) is 5.22. The second-order valence-corrected chi connectivity index (χ2v) is 9.28. The third-order valence-corrected chi connectivity index (χ3v) is 7.05. The van der Waals surface area contributed by atoms with Gasteiger partial charge >= 0.3 is 13.5 Å². The van der Waals surface area contributed by atoms with Gasteiger partial charge in [-0.2, -0.15) is 17.6 Å². The van der Waals surface area contributed by atoms with Crippen LogP contribution in [0.2, 0.25) is 0 Å². The van der Waals surface area contributed by atoms with Crippen LogP contribution in [0, 0.1) is 17.5 Å². The van der Waals surface area contributed by atoms with Gasteiger partial charge in [-0.05, 0) is 31.5 Å². The van der Waals surface area contributed by atoms with Crippen LogP contribution in [-0.2, 0) is 4.79 Å². The standard InChI is InChI=1S/C20H18BF6NO5S/c1-19(20(25,26)27)8-11(10-4-6-13(23)15(24)16(10)32-2)17(34-19)18(29)28-9-3-5-12(22)14(7-9)33-21(30)31/h3-7,11,17,30-31H,8H2,1-2H3,(H,28,29). The Morgan fingerprint density at radius 1 is 1.18 bits per heavy atom. The maximum atomic E-state index is 14.3. The van der Waals surface area contributed by atoms with E-state index in [4.69, 9.17) is 14.8 Å². The van der Waals surface area contributed by atoms with Crippen molar-refractivity contribution >= 4 is 30.7 Å². The van der Waals surface area contributed by atoms with Gasteiger partial charge in [-0.3, -0.25) is 4.79 Å². The predicted molar refractivity (Wildman–Crippen MR) is 112 cm³/mol. The second-order valence-electron chi connectivity index (χ2n) is 7.64. The molecule has 3 unspecified atom stereocenters. The van der Waals surface area contributed by atoms with Gasteiger partial charge in [-0.1, -0.05) is 6.07 Å². The van der Waals surface area contributed by atoms with E-state index in [0.717, 1.165) is 44.4 Å². The molecule has 3 atom stereocenters. The quantitative estimate of drug-likeness (QED) is 0.403. The van der Waals surface area contributed by atoms with Crippen molar-refractivity contribution in [3.63, 3.8) is 0 Å². The summed E-state index contributed by atoms with van der Waals surface area (Å²) < 4.78 is 90.1. The number of hydrogen-bond acceptors (Lipinski definition) is 6. The third kappa shape index (κ3) is 5.08. The van der Waals surface area contributed by atoms with E-state index in [1.807, 2.05) is 0 Å². The van der Waals surface area contributed by atoms with Crippen LogP contribution < -0.4 is 14.7 Å². The minimum absolute atomic E-state index is 0.112. The molecule has 1 aliphatic rings. The molecule has 14 heteroatoms. The van der Waals surface area contributed by atoms with Gasteiger partial charge in [0, 0.05) is 23.2 Å². The van der Waals surface area contributed by atoms with Crippen LogP contribution in [-0.4, -0.2) is 46.6 Å². The molecule has 2 aromatic carbocycles. The number of rotatable bonds is 6. The molecule has 0 saturated carbocycles. The Morgan fingerprint density at radius 2 is 1.82 bits per heavy atom. The summed E-state index contributed by atoms with van der Waals surface area (Å²) in [4.78, 5) is 13.0. The van der Waals surface area contributed by atoms with E-state index in [-0.39, 0.29) is 11.3 Å². The Labute approximate surface area is 194 Å². The van der Waals surface area contributed by atoms with E-state index in [1.54, 1.807) is 0 Å². The minimum Gasteiger partial charge on any atom is -0.510 e. The number of anilines is 1. The van der Waals surface area contributed by atoms with Gasteiger partial charge in [0.15, 0.2) is 17.4 Å². The SMILES string of the molecule is COc1c(C2CC(C)(C(F)(F)F)SC2C(=O)Nc2ccc(F)c(OB(O)O)c2)ccc(F)c1F. The molecule has 6 nitrogen and oxygen atoms in total. The number of ether oxygens (including phenoxy) is 1. The number of thioether (sulfide) groups is 1. The lowest BCUT2D eigenvalue weighted by molar-refractivity contribution is -0.155. The Kier molecular flexibility index (Phi) is 7.34. The smallest absolute Gasteiger partial charge is 0.510 e. The molecule has 1 saturated heterocycles. The van der Waals surface area contributed by atoms with Crippen LogP contribution in [0.4, 0.5) is 32.0 Å². The zero-order valence-electron chi connectivity index (χ0n) is 17.6. The average Bonchev–Trinajstić information content (AvgIpc) is 3.11. The molecular weight excluding hydrogens is 491 g/mol. The predicted octanol–water partition coefficient (Wildman–Crippen LogP) is 4.01. The lowest BCUT2D eigenvalue weighted by Crippen LogP contribution is -2.37. The molecule has 3 N–H and O–H groups in total. The van der Waals surface area contributed by atoms with Gasteiger partial charge in [0.25, 0.3) is 0 Å². The maximum Gasteiger partial charge on any atom is 0.707 e. The number of alkyl halides is 3. The van der Waals surface area contributed by atoms with Crippen molar-refractivity contribution in [2.75, 3.05) is 12.4 Å². The molecule has 34 heavy (non-hydrogen) atoms. The fourth-order valence-electron chi connectivity index (χ4n) is 3.67. The van der Waals surface area contributed by atoms with E-state index in [9.17, 15) is 31.1 Å². The molecule has 1 aliphatic heterocycles. The highest BCUT2D eigenvalue weighted by Gasteiger charge is 2.60. The first kappa shape index (κ1) is 26.0. The number of methoxy groups -OCH3 is 1. The molecule has 3 rings (SSSR count). The van der Waals surface area contributed by atoms with E-state index in [1.165, 1.54) is 0 Å². The van der Waals surface area contributed by atoms with Gasteiger partial charge in [0.05, 0.1) is 12.4 Å². The summed E-state index contributed by atoms with van der Waals surface area (Å²) in [5.41, 5.74) is -0.229. The summed E-state index contributed by atoms with van der Waals surface area (Å²) in [6.07, 6.45) is -5.36. The molecule has 0 radical (unpaired) electrons. The number of carbonyl (C=O) groups excluding carboxylic acids is 1. The zero-order valence-corrected chi connectivity index (χ0v) is 18.4. The Balaban J connectivity index is 1.99. The lowest BCUT2D eigenvalue weighted by Gasteiger charge is -2.26. The molecule has 1 heterocycles. The van der Waals surface area contributed by atoms with E-state index >= 15 is 0 Å². The van der Waals surface area contributed by atoms with Crippen LogP contribution in [0.5, 0.6) is 11.5 Å².